The van der Waals surface area contributed by atoms with E-state index in [1.165, 1.54) is 18.7 Å². The highest BCUT2D eigenvalue weighted by molar-refractivity contribution is 9.10. The highest BCUT2D eigenvalue weighted by Crippen LogP contribution is 2.28. The third-order valence-electron chi connectivity index (χ3n) is 3.76. The first-order chi connectivity index (χ1) is 12.8. The van der Waals surface area contributed by atoms with Crippen molar-refractivity contribution < 1.29 is 9.59 Å². The van der Waals surface area contributed by atoms with Gasteiger partial charge < -0.3 is 5.32 Å². The minimum absolute atomic E-state index is 0.134. The Morgan fingerprint density at radius 1 is 1.11 bits per heavy atom. The molecule has 0 aliphatic heterocycles. The Morgan fingerprint density at radius 3 is 2.56 bits per heavy atom. The molecule has 0 aliphatic carbocycles. The molecule has 2 N–H and O–H groups in total. The molecule has 0 heterocycles. The molecule has 2 rings (SSSR count). The van der Waals surface area contributed by atoms with Crippen LogP contribution < -0.4 is 10.7 Å². The second kappa shape index (κ2) is 9.71. The molecule has 0 bridgehead atoms. The van der Waals surface area contributed by atoms with Gasteiger partial charge in [-0.1, -0.05) is 28.1 Å². The van der Waals surface area contributed by atoms with Crippen LogP contribution in [0, 0.1) is 13.8 Å². The summed E-state index contributed by atoms with van der Waals surface area (Å²) in [6.07, 6.45) is 0. The number of benzene rings is 2. The minimum atomic E-state index is -0.169. The third-order valence-corrected chi connectivity index (χ3v) is 5.78. The summed E-state index contributed by atoms with van der Waals surface area (Å²) < 4.78 is 1.07. The largest absolute Gasteiger partial charge is 0.326 e. The third kappa shape index (κ3) is 6.52. The fourth-order valence-electron chi connectivity index (χ4n) is 2.32. The van der Waals surface area contributed by atoms with Gasteiger partial charge in [0.2, 0.25) is 11.8 Å². The molecule has 2 aromatic rings. The molecule has 0 saturated heterocycles. The van der Waals surface area contributed by atoms with Gasteiger partial charge in [0.15, 0.2) is 0 Å². The van der Waals surface area contributed by atoms with Crippen molar-refractivity contribution in [2.45, 2.75) is 32.6 Å². The van der Waals surface area contributed by atoms with Crippen LogP contribution in [-0.4, -0.2) is 23.3 Å². The second-order valence-electron chi connectivity index (χ2n) is 6.15. The average Bonchev–Trinajstić information content (AvgIpc) is 2.61. The Labute approximate surface area is 172 Å². The van der Waals surface area contributed by atoms with Gasteiger partial charge in [-0.25, -0.2) is 5.43 Å². The summed E-state index contributed by atoms with van der Waals surface area (Å²) in [5.74, 6) is -0.0205. The van der Waals surface area contributed by atoms with Crippen LogP contribution in [0.1, 0.15) is 30.5 Å². The van der Waals surface area contributed by atoms with Gasteiger partial charge in [-0.15, -0.1) is 11.8 Å². The number of hydrogen-bond acceptors (Lipinski definition) is 4. The number of hydrogen-bond donors (Lipinski definition) is 2. The molecule has 142 valence electrons. The Hall–Kier alpha value is -2.12. The number of halogens is 1. The lowest BCUT2D eigenvalue weighted by Crippen LogP contribution is -2.21. The highest BCUT2D eigenvalue weighted by Gasteiger charge is 2.07. The maximum Gasteiger partial charge on any atom is 0.250 e. The predicted octanol–water partition coefficient (Wildman–Crippen LogP) is 4.66. The average molecular weight is 448 g/mol. The van der Waals surface area contributed by atoms with E-state index in [4.69, 9.17) is 0 Å². The van der Waals surface area contributed by atoms with Gasteiger partial charge in [0, 0.05) is 22.0 Å². The van der Waals surface area contributed by atoms with Crippen molar-refractivity contribution in [1.29, 1.82) is 0 Å². The molecule has 27 heavy (non-hydrogen) atoms. The van der Waals surface area contributed by atoms with Gasteiger partial charge in [-0.05, 0) is 61.7 Å². The number of carbonyl (C=O) groups is 2. The Bertz CT molecular complexity index is 897. The number of hydrazone groups is 1. The van der Waals surface area contributed by atoms with Gasteiger partial charge >= 0.3 is 0 Å². The second-order valence-corrected chi connectivity index (χ2v) is 8.02. The fourth-order valence-corrected chi connectivity index (χ4v) is 3.68. The topological polar surface area (TPSA) is 70.6 Å². The first-order valence-corrected chi connectivity index (χ1v) is 10.1. The number of carbonyl (C=O) groups excluding carboxylic acids is 2. The summed E-state index contributed by atoms with van der Waals surface area (Å²) in [6.45, 7) is 7.31. The van der Waals surface area contributed by atoms with Gasteiger partial charge in [0.05, 0.1) is 11.5 Å². The van der Waals surface area contributed by atoms with Crippen molar-refractivity contribution in [3.8, 4) is 0 Å². The predicted molar refractivity (Wildman–Crippen MR) is 115 cm³/mol. The van der Waals surface area contributed by atoms with Crippen LogP contribution in [0.3, 0.4) is 0 Å². The summed E-state index contributed by atoms with van der Waals surface area (Å²) in [5, 5.41) is 6.89. The van der Waals surface area contributed by atoms with Crippen molar-refractivity contribution in [2.24, 2.45) is 5.10 Å². The highest BCUT2D eigenvalue weighted by atomic mass is 79.9. The number of nitrogens with zero attached hydrogens (tertiary/aromatic N) is 1. The van der Waals surface area contributed by atoms with E-state index in [0.717, 1.165) is 26.1 Å². The molecular formula is C20H22BrN3O2S. The summed E-state index contributed by atoms with van der Waals surface area (Å²) in [4.78, 5) is 24.4. The van der Waals surface area contributed by atoms with E-state index >= 15 is 0 Å². The molecular weight excluding hydrogens is 426 g/mol. The lowest BCUT2D eigenvalue weighted by Gasteiger charge is -2.09. The first-order valence-electron chi connectivity index (χ1n) is 8.37. The zero-order valence-electron chi connectivity index (χ0n) is 15.7. The number of thioether (sulfide) groups is 1. The molecule has 2 aromatic carbocycles. The smallest absolute Gasteiger partial charge is 0.250 e. The number of amides is 2. The van der Waals surface area contributed by atoms with E-state index in [-0.39, 0.29) is 17.6 Å². The molecule has 0 saturated carbocycles. The number of nitrogens with one attached hydrogen (secondary N) is 2. The standard InChI is InChI=1S/C20H22BrN3O2S/c1-12-9-19(13(2)8-18(12)21)27-11-20(26)24-23-14(3)16-6-5-7-17(10-16)22-15(4)25/h5-10H,11H2,1-4H3,(H,22,25)(H,24,26). The van der Waals surface area contributed by atoms with E-state index in [2.05, 4.69) is 43.9 Å². The van der Waals surface area contributed by atoms with E-state index in [1.807, 2.05) is 39.0 Å². The summed E-state index contributed by atoms with van der Waals surface area (Å²) >= 11 is 5.00. The summed E-state index contributed by atoms with van der Waals surface area (Å²) in [6, 6.07) is 11.4. The van der Waals surface area contributed by atoms with Crippen molar-refractivity contribution in [3.05, 3.63) is 57.6 Å². The number of anilines is 1. The lowest BCUT2D eigenvalue weighted by atomic mass is 10.1. The van der Waals surface area contributed by atoms with Crippen LogP contribution in [0.15, 0.2) is 50.9 Å². The molecule has 0 atom stereocenters. The molecule has 0 aromatic heterocycles. The van der Waals surface area contributed by atoms with Crippen LogP contribution >= 0.6 is 27.7 Å². The minimum Gasteiger partial charge on any atom is -0.326 e. The van der Waals surface area contributed by atoms with E-state index in [1.54, 1.807) is 6.07 Å². The Morgan fingerprint density at radius 2 is 1.85 bits per heavy atom. The maximum absolute atomic E-state index is 12.1. The van der Waals surface area contributed by atoms with Crippen LogP contribution in [0.25, 0.3) is 0 Å². The molecule has 0 radical (unpaired) electrons. The van der Waals surface area contributed by atoms with Crippen LogP contribution in [0.2, 0.25) is 0 Å². The van der Waals surface area contributed by atoms with Crippen LogP contribution in [0.5, 0.6) is 0 Å². The monoisotopic (exact) mass is 447 g/mol. The van der Waals surface area contributed by atoms with Gasteiger partial charge in [0.25, 0.3) is 0 Å². The van der Waals surface area contributed by atoms with Gasteiger partial charge in [0.1, 0.15) is 0 Å². The molecule has 2 amide bonds. The maximum atomic E-state index is 12.1. The molecule has 0 spiro atoms. The zero-order chi connectivity index (χ0) is 20.0. The van der Waals surface area contributed by atoms with Crippen molar-refractivity contribution in [2.75, 3.05) is 11.1 Å². The Kier molecular flexibility index (Phi) is 7.62. The quantitative estimate of drug-likeness (QED) is 0.384. The van der Waals surface area contributed by atoms with E-state index < -0.39 is 0 Å². The number of aryl methyl sites for hydroxylation is 2. The lowest BCUT2D eigenvalue weighted by molar-refractivity contribution is -0.118. The van der Waals surface area contributed by atoms with Crippen molar-refractivity contribution >= 4 is 50.9 Å². The van der Waals surface area contributed by atoms with Crippen molar-refractivity contribution in [3.63, 3.8) is 0 Å². The molecule has 7 heteroatoms. The van der Waals surface area contributed by atoms with Crippen LogP contribution in [0.4, 0.5) is 5.69 Å². The van der Waals surface area contributed by atoms with Gasteiger partial charge in [-0.2, -0.15) is 5.10 Å². The van der Waals surface area contributed by atoms with Crippen molar-refractivity contribution in [1.82, 2.24) is 5.43 Å². The Balaban J connectivity index is 1.96. The fraction of sp³-hybridized carbons (Fsp3) is 0.250. The van der Waals surface area contributed by atoms with E-state index in [0.29, 0.717) is 11.4 Å². The normalized spacial score (nSPS) is 11.2. The SMILES string of the molecule is CC(=O)Nc1cccc(C(C)=NNC(=O)CSc2cc(C)c(Br)cc2C)c1. The molecule has 5 nitrogen and oxygen atoms in total. The zero-order valence-corrected chi connectivity index (χ0v) is 18.1. The van der Waals surface area contributed by atoms with Crippen LogP contribution in [-0.2, 0) is 9.59 Å². The van der Waals surface area contributed by atoms with Gasteiger partial charge in [-0.3, -0.25) is 9.59 Å². The summed E-state index contributed by atoms with van der Waals surface area (Å²) in [7, 11) is 0. The summed E-state index contributed by atoms with van der Waals surface area (Å²) in [5.41, 5.74) is 7.03. The van der Waals surface area contributed by atoms with E-state index in [9.17, 15) is 9.59 Å². The molecule has 0 unspecified atom stereocenters. The molecule has 0 aliphatic rings. The first kappa shape index (κ1) is 21.2. The number of rotatable bonds is 6. The molecule has 0 fully saturated rings.